The monoisotopic (exact) mass is 438 g/mol. The summed E-state index contributed by atoms with van der Waals surface area (Å²) in [5.74, 6) is 1.62. The van der Waals surface area contributed by atoms with Crippen LogP contribution in [0, 0.1) is 11.8 Å². The Morgan fingerprint density at radius 1 is 0.939 bits per heavy atom. The first kappa shape index (κ1) is 20.0. The molecule has 2 heterocycles. The van der Waals surface area contributed by atoms with Crippen molar-refractivity contribution in [2.75, 3.05) is 13.1 Å². The third kappa shape index (κ3) is 3.86. The molecule has 1 aliphatic carbocycles. The van der Waals surface area contributed by atoms with Gasteiger partial charge < -0.3 is 4.90 Å². The van der Waals surface area contributed by atoms with Crippen molar-refractivity contribution in [3.05, 3.63) is 83.0 Å². The summed E-state index contributed by atoms with van der Waals surface area (Å²) in [6.45, 7) is 1.58. The van der Waals surface area contributed by atoms with Gasteiger partial charge in [-0.25, -0.2) is 14.5 Å². The van der Waals surface area contributed by atoms with Crippen LogP contribution in [0.3, 0.4) is 0 Å². The number of fused-ring (bicyclic) bond motifs is 1. The summed E-state index contributed by atoms with van der Waals surface area (Å²) >= 11 is 0. The van der Waals surface area contributed by atoms with Gasteiger partial charge in [0.1, 0.15) is 5.82 Å². The topological polar surface area (TPSA) is 71.0 Å². The summed E-state index contributed by atoms with van der Waals surface area (Å²) in [6, 6.07) is 22.8. The zero-order valence-corrected chi connectivity index (χ0v) is 18.4. The van der Waals surface area contributed by atoms with Crippen LogP contribution in [0.25, 0.3) is 27.6 Å². The molecule has 4 aromatic rings. The van der Waals surface area contributed by atoms with Gasteiger partial charge in [0.2, 0.25) is 5.91 Å². The van der Waals surface area contributed by atoms with E-state index < -0.39 is 0 Å². The van der Waals surface area contributed by atoms with E-state index in [2.05, 4.69) is 40.5 Å². The SMILES string of the molecule is O=C(C1CC1)N1CC[C@@H](Cc2n[nH]c(=O)n2-c2ccc(-c3ccc4ccccc4c3)cc2)C1. The van der Waals surface area contributed by atoms with E-state index in [4.69, 9.17) is 0 Å². The van der Waals surface area contributed by atoms with Crippen molar-refractivity contribution < 1.29 is 4.79 Å². The largest absolute Gasteiger partial charge is 0.347 e. The maximum atomic E-state index is 12.6. The van der Waals surface area contributed by atoms with E-state index in [1.165, 1.54) is 10.8 Å². The molecule has 33 heavy (non-hydrogen) atoms. The molecule has 1 saturated carbocycles. The van der Waals surface area contributed by atoms with Crippen molar-refractivity contribution in [3.8, 4) is 16.8 Å². The average molecular weight is 439 g/mol. The van der Waals surface area contributed by atoms with Crippen LogP contribution in [0.1, 0.15) is 25.1 Å². The fraction of sp³-hybridized carbons (Fsp3) is 0.296. The number of carbonyl (C=O) groups is 1. The van der Waals surface area contributed by atoms with Gasteiger partial charge in [-0.2, -0.15) is 5.10 Å². The maximum absolute atomic E-state index is 12.6. The number of hydrogen-bond acceptors (Lipinski definition) is 3. The summed E-state index contributed by atoms with van der Waals surface area (Å²) < 4.78 is 1.66. The number of H-pyrrole nitrogens is 1. The fourth-order valence-electron chi connectivity index (χ4n) is 4.95. The van der Waals surface area contributed by atoms with E-state index in [9.17, 15) is 9.59 Å². The zero-order chi connectivity index (χ0) is 22.4. The number of rotatable bonds is 5. The van der Waals surface area contributed by atoms with Crippen molar-refractivity contribution in [2.24, 2.45) is 11.8 Å². The maximum Gasteiger partial charge on any atom is 0.347 e. The highest BCUT2D eigenvalue weighted by atomic mass is 16.2. The Morgan fingerprint density at radius 2 is 1.70 bits per heavy atom. The molecule has 0 radical (unpaired) electrons. The van der Waals surface area contributed by atoms with E-state index in [1.54, 1.807) is 4.57 Å². The van der Waals surface area contributed by atoms with Crippen LogP contribution in [0.4, 0.5) is 0 Å². The lowest BCUT2D eigenvalue weighted by Gasteiger charge is -2.16. The average Bonchev–Trinajstić information content (AvgIpc) is 3.50. The predicted octanol–water partition coefficient (Wildman–Crippen LogP) is 4.18. The molecule has 0 spiro atoms. The molecule has 1 atom stereocenters. The lowest BCUT2D eigenvalue weighted by molar-refractivity contribution is -0.131. The number of nitrogens with one attached hydrogen (secondary N) is 1. The first-order valence-electron chi connectivity index (χ1n) is 11.7. The molecule has 166 valence electrons. The van der Waals surface area contributed by atoms with Crippen LogP contribution in [0.2, 0.25) is 0 Å². The molecule has 2 fully saturated rings. The van der Waals surface area contributed by atoms with Crippen LogP contribution in [0.15, 0.2) is 71.5 Å². The number of aromatic nitrogens is 3. The third-order valence-corrected chi connectivity index (χ3v) is 6.95. The minimum Gasteiger partial charge on any atom is -0.342 e. The lowest BCUT2D eigenvalue weighted by Crippen LogP contribution is -2.30. The van der Waals surface area contributed by atoms with Crippen molar-refractivity contribution in [1.82, 2.24) is 19.7 Å². The number of nitrogens with zero attached hydrogens (tertiary/aromatic N) is 3. The number of amides is 1. The number of hydrogen-bond donors (Lipinski definition) is 1. The molecule has 1 N–H and O–H groups in total. The standard InChI is InChI=1S/C27H26N4O2/c32-26(21-6-7-21)30-14-13-18(17-30)15-25-28-29-27(33)31(25)24-11-9-20(10-12-24)23-8-5-19-3-1-2-4-22(19)16-23/h1-5,8-12,16,18,21H,6-7,13-15,17H2,(H,29,33)/t18-/m0/s1. The summed E-state index contributed by atoms with van der Waals surface area (Å²) in [6.07, 6.45) is 3.71. The summed E-state index contributed by atoms with van der Waals surface area (Å²) in [7, 11) is 0. The van der Waals surface area contributed by atoms with E-state index in [1.807, 2.05) is 41.3 Å². The normalized spacial score (nSPS) is 18.2. The Morgan fingerprint density at radius 3 is 2.48 bits per heavy atom. The summed E-state index contributed by atoms with van der Waals surface area (Å²) in [5, 5.41) is 9.35. The van der Waals surface area contributed by atoms with Crippen molar-refractivity contribution in [1.29, 1.82) is 0 Å². The third-order valence-electron chi connectivity index (χ3n) is 6.95. The Kier molecular flexibility index (Phi) is 4.86. The molecule has 6 heteroatoms. The highest BCUT2D eigenvalue weighted by Gasteiger charge is 2.36. The molecule has 6 nitrogen and oxygen atoms in total. The Bertz CT molecular complexity index is 1380. The van der Waals surface area contributed by atoms with Gasteiger partial charge in [-0.15, -0.1) is 0 Å². The number of likely N-dealkylation sites (tertiary alicyclic amines) is 1. The second kappa shape index (κ2) is 8.03. The van der Waals surface area contributed by atoms with Gasteiger partial charge in [0, 0.05) is 25.4 Å². The highest BCUT2D eigenvalue weighted by molar-refractivity contribution is 5.87. The Hall–Kier alpha value is -3.67. The number of aromatic amines is 1. The molecule has 3 aromatic carbocycles. The van der Waals surface area contributed by atoms with Gasteiger partial charge >= 0.3 is 5.69 Å². The smallest absolute Gasteiger partial charge is 0.342 e. The molecule has 1 aliphatic heterocycles. The van der Waals surface area contributed by atoms with Gasteiger partial charge in [0.05, 0.1) is 5.69 Å². The highest BCUT2D eigenvalue weighted by Crippen LogP contribution is 2.33. The molecule has 1 amide bonds. The van der Waals surface area contributed by atoms with Crippen LogP contribution in [-0.2, 0) is 11.2 Å². The molecular weight excluding hydrogens is 412 g/mol. The van der Waals surface area contributed by atoms with Gasteiger partial charge in [-0.1, -0.05) is 48.5 Å². The predicted molar refractivity (Wildman–Crippen MR) is 128 cm³/mol. The van der Waals surface area contributed by atoms with Crippen LogP contribution >= 0.6 is 0 Å². The minimum atomic E-state index is -0.229. The Balaban J connectivity index is 1.22. The molecule has 1 saturated heterocycles. The van der Waals surface area contributed by atoms with Crippen molar-refractivity contribution in [3.63, 3.8) is 0 Å². The second-order valence-electron chi connectivity index (χ2n) is 9.31. The van der Waals surface area contributed by atoms with Crippen molar-refractivity contribution in [2.45, 2.75) is 25.7 Å². The van der Waals surface area contributed by atoms with E-state index in [0.29, 0.717) is 18.2 Å². The first-order valence-corrected chi connectivity index (χ1v) is 11.7. The van der Waals surface area contributed by atoms with E-state index >= 15 is 0 Å². The number of carbonyl (C=O) groups excluding carboxylic acids is 1. The molecule has 1 aromatic heterocycles. The Labute approximate surface area is 191 Å². The van der Waals surface area contributed by atoms with E-state index in [-0.39, 0.29) is 11.6 Å². The van der Waals surface area contributed by atoms with Gasteiger partial charge in [0.15, 0.2) is 0 Å². The molecule has 0 bridgehead atoms. The van der Waals surface area contributed by atoms with Crippen molar-refractivity contribution >= 4 is 16.7 Å². The summed E-state index contributed by atoms with van der Waals surface area (Å²) in [4.78, 5) is 26.9. The van der Waals surface area contributed by atoms with Gasteiger partial charge in [0.25, 0.3) is 0 Å². The molecule has 6 rings (SSSR count). The first-order chi connectivity index (χ1) is 16.2. The van der Waals surface area contributed by atoms with Crippen LogP contribution in [0.5, 0.6) is 0 Å². The van der Waals surface area contributed by atoms with Crippen LogP contribution in [-0.4, -0.2) is 38.7 Å². The van der Waals surface area contributed by atoms with Gasteiger partial charge in [-0.3, -0.25) is 4.79 Å². The molecular formula is C27H26N4O2. The zero-order valence-electron chi connectivity index (χ0n) is 18.4. The number of benzene rings is 3. The van der Waals surface area contributed by atoms with E-state index in [0.717, 1.165) is 55.0 Å². The molecule has 2 aliphatic rings. The van der Waals surface area contributed by atoms with Gasteiger partial charge in [-0.05, 0) is 65.3 Å². The molecule has 0 unspecified atom stereocenters. The van der Waals surface area contributed by atoms with Crippen LogP contribution < -0.4 is 5.69 Å². The fourth-order valence-corrected chi connectivity index (χ4v) is 4.95. The minimum absolute atomic E-state index is 0.229. The second-order valence-corrected chi connectivity index (χ2v) is 9.31. The lowest BCUT2D eigenvalue weighted by atomic mass is 10.0. The summed E-state index contributed by atoms with van der Waals surface area (Å²) in [5.41, 5.74) is 2.82. The quantitative estimate of drug-likeness (QED) is 0.508.